The molecule has 0 aromatic rings. The highest BCUT2D eigenvalue weighted by Crippen LogP contribution is 2.20. The largest absolute Gasteiger partial charge is 0.390 e. The second-order valence-electron chi connectivity index (χ2n) is 4.11. The molecule has 98 valence electrons. The van der Waals surface area contributed by atoms with Gasteiger partial charge in [0.1, 0.15) is 0 Å². The van der Waals surface area contributed by atoms with Crippen molar-refractivity contribution < 1.29 is 13.2 Å². The van der Waals surface area contributed by atoms with Crippen LogP contribution in [0.1, 0.15) is 33.1 Å². The van der Waals surface area contributed by atoms with Gasteiger partial charge in [0.15, 0.2) is 0 Å². The quantitative estimate of drug-likeness (QED) is 0.656. The fourth-order valence-electron chi connectivity index (χ4n) is 1.54. The Hall–Kier alpha value is -0.290. The van der Waals surface area contributed by atoms with Crippen LogP contribution in [-0.2, 0) is 0 Å². The van der Waals surface area contributed by atoms with Crippen LogP contribution >= 0.6 is 0 Å². The third-order valence-electron chi connectivity index (χ3n) is 2.65. The Morgan fingerprint density at radius 2 is 1.88 bits per heavy atom. The number of nitrogens with zero attached hydrogens (tertiary/aromatic N) is 1. The van der Waals surface area contributed by atoms with Crippen molar-refractivity contribution in [2.24, 2.45) is 0 Å². The normalized spacial score (nSPS) is 14.4. The molecule has 0 saturated heterocycles. The van der Waals surface area contributed by atoms with Gasteiger partial charge in [0.2, 0.25) is 0 Å². The molecule has 1 unspecified atom stereocenters. The molecule has 0 heterocycles. The Morgan fingerprint density at radius 1 is 1.25 bits per heavy atom. The molecule has 0 radical (unpaired) electrons. The van der Waals surface area contributed by atoms with Crippen LogP contribution in [-0.4, -0.2) is 43.8 Å². The molecule has 0 bridgehead atoms. The first-order valence-electron chi connectivity index (χ1n) is 5.88. The molecule has 0 aromatic carbocycles. The number of nitrogens with one attached hydrogen (secondary N) is 1. The summed E-state index contributed by atoms with van der Waals surface area (Å²) in [6.45, 7) is 5.84. The van der Waals surface area contributed by atoms with E-state index in [4.69, 9.17) is 0 Å². The van der Waals surface area contributed by atoms with E-state index in [1.54, 1.807) is 11.9 Å². The maximum Gasteiger partial charge on any atom is 0.390 e. The van der Waals surface area contributed by atoms with Crippen molar-refractivity contribution >= 4 is 0 Å². The average molecular weight is 240 g/mol. The van der Waals surface area contributed by atoms with Gasteiger partial charge in [0, 0.05) is 19.1 Å². The zero-order valence-corrected chi connectivity index (χ0v) is 10.4. The second-order valence-corrected chi connectivity index (χ2v) is 4.11. The van der Waals surface area contributed by atoms with E-state index in [1.807, 2.05) is 6.92 Å². The summed E-state index contributed by atoms with van der Waals surface area (Å²) in [5.74, 6) is 0. The number of halogens is 3. The summed E-state index contributed by atoms with van der Waals surface area (Å²) in [4.78, 5) is 1.79. The molecule has 2 nitrogen and oxygen atoms in total. The van der Waals surface area contributed by atoms with Crippen LogP contribution in [0.15, 0.2) is 0 Å². The lowest BCUT2D eigenvalue weighted by atomic mass is 10.2. The molecule has 0 aromatic heterocycles. The van der Waals surface area contributed by atoms with Crippen molar-refractivity contribution in [2.45, 2.75) is 45.3 Å². The smallest absolute Gasteiger partial charge is 0.315 e. The molecule has 16 heavy (non-hydrogen) atoms. The SMILES string of the molecule is CCCNCC(CC)N(C)CCC(F)(F)F. The minimum atomic E-state index is -4.05. The Balaban J connectivity index is 3.86. The molecule has 0 amide bonds. The van der Waals surface area contributed by atoms with Gasteiger partial charge in [-0.2, -0.15) is 13.2 Å². The standard InChI is InChI=1S/C11H23F3N2/c1-4-7-15-9-10(5-2)16(3)8-6-11(12,13)14/h10,15H,4-9H2,1-3H3. The fraction of sp³-hybridized carbons (Fsp3) is 1.00. The Labute approximate surface area is 96.2 Å². The minimum Gasteiger partial charge on any atom is -0.315 e. The van der Waals surface area contributed by atoms with Crippen molar-refractivity contribution in [3.8, 4) is 0 Å². The van der Waals surface area contributed by atoms with Gasteiger partial charge >= 0.3 is 6.18 Å². The topological polar surface area (TPSA) is 15.3 Å². The van der Waals surface area contributed by atoms with Gasteiger partial charge in [-0.15, -0.1) is 0 Å². The van der Waals surface area contributed by atoms with Crippen molar-refractivity contribution in [1.29, 1.82) is 0 Å². The third-order valence-corrected chi connectivity index (χ3v) is 2.65. The van der Waals surface area contributed by atoms with E-state index in [0.29, 0.717) is 0 Å². The van der Waals surface area contributed by atoms with Crippen LogP contribution in [0.5, 0.6) is 0 Å². The first kappa shape index (κ1) is 15.7. The summed E-state index contributed by atoms with van der Waals surface area (Å²) in [6.07, 6.45) is -2.87. The van der Waals surface area contributed by atoms with Gasteiger partial charge in [0.25, 0.3) is 0 Å². The Kier molecular flexibility index (Phi) is 7.76. The van der Waals surface area contributed by atoms with Crippen LogP contribution in [0.25, 0.3) is 0 Å². The molecular weight excluding hydrogens is 217 g/mol. The monoisotopic (exact) mass is 240 g/mol. The Bertz CT molecular complexity index is 171. The van der Waals surface area contributed by atoms with Crippen LogP contribution in [0.2, 0.25) is 0 Å². The van der Waals surface area contributed by atoms with Crippen LogP contribution < -0.4 is 5.32 Å². The van der Waals surface area contributed by atoms with Gasteiger partial charge < -0.3 is 10.2 Å². The third kappa shape index (κ3) is 7.93. The highest BCUT2D eigenvalue weighted by Gasteiger charge is 2.28. The summed E-state index contributed by atoms with van der Waals surface area (Å²) < 4.78 is 36.1. The van der Waals surface area contributed by atoms with Crippen LogP contribution in [0.3, 0.4) is 0 Å². The van der Waals surface area contributed by atoms with Crippen LogP contribution in [0.4, 0.5) is 13.2 Å². The van der Waals surface area contributed by atoms with Gasteiger partial charge in [-0.3, -0.25) is 0 Å². The summed E-state index contributed by atoms with van der Waals surface area (Å²) in [6, 6.07) is 0.189. The number of hydrogen-bond donors (Lipinski definition) is 1. The highest BCUT2D eigenvalue weighted by molar-refractivity contribution is 4.70. The van der Waals surface area contributed by atoms with Crippen molar-refractivity contribution in [1.82, 2.24) is 10.2 Å². The molecule has 0 aliphatic heterocycles. The summed E-state index contributed by atoms with van der Waals surface area (Å²) in [5, 5.41) is 3.24. The molecule has 1 atom stereocenters. The highest BCUT2D eigenvalue weighted by atomic mass is 19.4. The average Bonchev–Trinajstić information content (AvgIpc) is 2.20. The lowest BCUT2D eigenvalue weighted by molar-refractivity contribution is -0.138. The van der Waals surface area contributed by atoms with Gasteiger partial charge in [-0.1, -0.05) is 13.8 Å². The Morgan fingerprint density at radius 3 is 2.31 bits per heavy atom. The molecule has 0 spiro atoms. The number of likely N-dealkylation sites (N-methyl/N-ethyl adjacent to an activating group) is 1. The molecule has 5 heteroatoms. The first-order chi connectivity index (χ1) is 7.40. The van der Waals surface area contributed by atoms with E-state index in [0.717, 1.165) is 25.9 Å². The fourth-order valence-corrected chi connectivity index (χ4v) is 1.54. The molecule has 0 aliphatic rings. The molecule has 0 saturated carbocycles. The van der Waals surface area contributed by atoms with Gasteiger partial charge in [0.05, 0.1) is 6.42 Å². The second kappa shape index (κ2) is 7.90. The predicted octanol–water partition coefficient (Wildman–Crippen LogP) is 2.65. The zero-order chi connectivity index (χ0) is 12.6. The summed E-state index contributed by atoms with van der Waals surface area (Å²) >= 11 is 0. The lowest BCUT2D eigenvalue weighted by Crippen LogP contribution is -2.41. The van der Waals surface area contributed by atoms with Crippen molar-refractivity contribution in [2.75, 3.05) is 26.7 Å². The number of alkyl halides is 3. The van der Waals surface area contributed by atoms with E-state index in [2.05, 4.69) is 12.2 Å². The van der Waals surface area contributed by atoms with Crippen molar-refractivity contribution in [3.63, 3.8) is 0 Å². The minimum absolute atomic E-state index is 0.0792. The van der Waals surface area contributed by atoms with E-state index in [-0.39, 0.29) is 12.6 Å². The number of hydrogen-bond acceptors (Lipinski definition) is 2. The van der Waals surface area contributed by atoms with E-state index < -0.39 is 12.6 Å². The van der Waals surface area contributed by atoms with E-state index in [9.17, 15) is 13.2 Å². The maximum atomic E-state index is 12.0. The van der Waals surface area contributed by atoms with Gasteiger partial charge in [-0.25, -0.2) is 0 Å². The summed E-state index contributed by atoms with van der Waals surface area (Å²) in [7, 11) is 1.76. The van der Waals surface area contributed by atoms with Gasteiger partial charge in [-0.05, 0) is 26.4 Å². The van der Waals surface area contributed by atoms with E-state index in [1.165, 1.54) is 0 Å². The van der Waals surface area contributed by atoms with Crippen LogP contribution in [0, 0.1) is 0 Å². The zero-order valence-electron chi connectivity index (χ0n) is 10.4. The maximum absolute atomic E-state index is 12.0. The molecule has 0 rings (SSSR count). The number of rotatable bonds is 8. The molecular formula is C11H23F3N2. The molecule has 0 fully saturated rings. The van der Waals surface area contributed by atoms with Crippen molar-refractivity contribution in [3.05, 3.63) is 0 Å². The molecule has 0 aliphatic carbocycles. The lowest BCUT2D eigenvalue weighted by Gasteiger charge is -2.27. The summed E-state index contributed by atoms with van der Waals surface area (Å²) in [5.41, 5.74) is 0. The first-order valence-corrected chi connectivity index (χ1v) is 5.88. The van der Waals surface area contributed by atoms with E-state index >= 15 is 0 Å². The predicted molar refractivity (Wildman–Crippen MR) is 60.5 cm³/mol. The molecule has 1 N–H and O–H groups in total.